The van der Waals surface area contributed by atoms with Crippen molar-refractivity contribution in [3.05, 3.63) is 71.9 Å². The highest BCUT2D eigenvalue weighted by Crippen LogP contribution is 2.34. The number of aromatic nitrogens is 3. The summed E-state index contributed by atoms with van der Waals surface area (Å²) < 4.78 is 6.27. The van der Waals surface area contributed by atoms with Gasteiger partial charge in [-0.2, -0.15) is 23.5 Å². The number of piperazine rings is 1. The van der Waals surface area contributed by atoms with E-state index >= 15 is 0 Å². The predicted octanol–water partition coefficient (Wildman–Crippen LogP) is 3.30. The highest BCUT2D eigenvalue weighted by Gasteiger charge is 2.35. The molecule has 11 heteroatoms. The minimum Gasteiger partial charge on any atom is -0.462 e. The van der Waals surface area contributed by atoms with Crippen molar-refractivity contribution in [2.24, 2.45) is 0 Å². The van der Waals surface area contributed by atoms with Gasteiger partial charge in [0.05, 0.1) is 12.2 Å². The molecule has 0 N–H and O–H groups in total. The lowest BCUT2D eigenvalue weighted by Crippen LogP contribution is -2.56. The zero-order valence-electron chi connectivity index (χ0n) is 24.1. The molecule has 3 aliphatic heterocycles. The number of carbonyl (C=O) groups excluding carboxylic acids is 1. The van der Waals surface area contributed by atoms with Crippen LogP contribution in [0.1, 0.15) is 24.1 Å². The molecule has 3 aliphatic rings. The number of ether oxygens (including phenoxy) is 1. The highest BCUT2D eigenvalue weighted by atomic mass is 32.1. The van der Waals surface area contributed by atoms with Gasteiger partial charge in [0.15, 0.2) is 0 Å². The lowest BCUT2D eigenvalue weighted by atomic mass is 10.0. The molecule has 0 bridgehead atoms. The van der Waals surface area contributed by atoms with Gasteiger partial charge in [0.1, 0.15) is 24.3 Å². The van der Waals surface area contributed by atoms with E-state index in [-0.39, 0.29) is 32.0 Å². The van der Waals surface area contributed by atoms with E-state index in [0.717, 1.165) is 59.6 Å². The molecule has 220 valence electrons. The molecule has 1 aromatic carbocycles. The first-order valence-corrected chi connectivity index (χ1v) is 14.4. The second-order valence-electron chi connectivity index (χ2n) is 11.0. The summed E-state index contributed by atoms with van der Waals surface area (Å²) in [4.78, 5) is 39.4. The van der Waals surface area contributed by atoms with Gasteiger partial charge in [0.25, 0.3) is 0 Å². The molecule has 2 saturated heterocycles. The average Bonchev–Trinajstić information content (AvgIpc) is 3.43. The van der Waals surface area contributed by atoms with Crippen LogP contribution in [0.4, 0.5) is 11.6 Å². The fourth-order valence-electron chi connectivity index (χ4n) is 6.33. The van der Waals surface area contributed by atoms with E-state index in [1.807, 2.05) is 24.4 Å². The first-order chi connectivity index (χ1) is 20.1. The number of fused-ring (bicyclic) bond motifs is 2. The van der Waals surface area contributed by atoms with Gasteiger partial charge in [-0.25, -0.2) is 11.6 Å². The van der Waals surface area contributed by atoms with E-state index in [1.54, 1.807) is 4.90 Å². The fraction of sp³-hybridized carbons (Fsp3) is 0.452. The van der Waals surface area contributed by atoms with Crippen LogP contribution in [0.2, 0.25) is 0 Å². The normalized spacial score (nSPS) is 20.5. The topological polar surface area (TPSA) is 82.3 Å². The molecule has 0 spiro atoms. The Morgan fingerprint density at radius 3 is 2.76 bits per heavy atom. The van der Waals surface area contributed by atoms with E-state index < -0.39 is 0 Å². The molecule has 2 fully saturated rings. The maximum absolute atomic E-state index is 12.5. The molecule has 0 aliphatic carbocycles. The van der Waals surface area contributed by atoms with Crippen molar-refractivity contribution >= 4 is 41.8 Å². The number of amides is 1. The van der Waals surface area contributed by atoms with Crippen LogP contribution in [0.5, 0.6) is 6.01 Å². The summed E-state index contributed by atoms with van der Waals surface area (Å²) in [6, 6.07) is 10.9. The van der Waals surface area contributed by atoms with E-state index in [2.05, 4.69) is 45.3 Å². The van der Waals surface area contributed by atoms with Crippen LogP contribution < -0.4 is 14.5 Å². The zero-order chi connectivity index (χ0) is 28.3. The average molecular weight is 587 g/mol. The number of rotatable bonds is 7. The Balaban J connectivity index is 0.00000353. The third-order valence-corrected chi connectivity index (χ3v) is 8.59. The summed E-state index contributed by atoms with van der Waals surface area (Å²) in [6.45, 7) is 16.1. The molecule has 10 nitrogen and oxygen atoms in total. The standard InChI is InChI=1S/C31H36N8O2.H2S/c1-4-28(40)39-17-16-38(19-24(39)18-32-2)30-26-12-15-37(29-25-10-6-5-8-22(25)11-13-33-29)20-27(26)34-31(35-30)41-21-23-9-7-14-36(23)3;/h4-6,8,10-11,13,23-24H,1,7,9,12,14-21H2,3H3;1H2/t23-,24?;/m0./s1. The van der Waals surface area contributed by atoms with Gasteiger partial charge in [0.2, 0.25) is 12.5 Å². The number of nitrogens with zero attached hydrogens (tertiary/aromatic N) is 8. The molecule has 5 heterocycles. The molecule has 3 aromatic rings. The first-order valence-electron chi connectivity index (χ1n) is 14.4. The summed E-state index contributed by atoms with van der Waals surface area (Å²) in [5.41, 5.74) is 2.05. The van der Waals surface area contributed by atoms with Crippen molar-refractivity contribution in [1.82, 2.24) is 24.8 Å². The number of carbonyl (C=O) groups is 1. The Hall–Kier alpha value is -3.88. The molecule has 42 heavy (non-hydrogen) atoms. The van der Waals surface area contributed by atoms with Gasteiger partial charge < -0.3 is 29.2 Å². The Labute approximate surface area is 254 Å². The number of likely N-dealkylation sites (tertiary alicyclic amines) is 1. The molecular formula is C31H38N8O2S. The Kier molecular flexibility index (Phi) is 9.14. The van der Waals surface area contributed by atoms with Gasteiger partial charge in [-0.1, -0.05) is 30.8 Å². The maximum atomic E-state index is 12.5. The molecule has 0 saturated carbocycles. The fourth-order valence-corrected chi connectivity index (χ4v) is 6.33. The minimum atomic E-state index is -0.228. The number of hydrogen-bond acceptors (Lipinski definition) is 8. The second-order valence-corrected chi connectivity index (χ2v) is 11.0. The first kappa shape index (κ1) is 29.6. The maximum Gasteiger partial charge on any atom is 0.318 e. The van der Waals surface area contributed by atoms with Gasteiger partial charge in [0, 0.05) is 49.4 Å². The summed E-state index contributed by atoms with van der Waals surface area (Å²) in [7, 11) is 2.14. The molecule has 6 rings (SSSR count). The summed E-state index contributed by atoms with van der Waals surface area (Å²) in [6.07, 6.45) is 6.24. The third-order valence-electron chi connectivity index (χ3n) is 8.59. The number of pyridine rings is 1. The molecule has 2 aromatic heterocycles. The number of hydrogen-bond donors (Lipinski definition) is 0. The molecule has 1 amide bonds. The van der Waals surface area contributed by atoms with Crippen LogP contribution >= 0.6 is 13.5 Å². The van der Waals surface area contributed by atoms with E-state index in [4.69, 9.17) is 26.3 Å². The summed E-state index contributed by atoms with van der Waals surface area (Å²) in [5, 5.41) is 2.28. The van der Waals surface area contributed by atoms with E-state index in [1.165, 1.54) is 12.5 Å². The van der Waals surface area contributed by atoms with Gasteiger partial charge in [-0.3, -0.25) is 4.79 Å². The van der Waals surface area contributed by atoms with Crippen LogP contribution in [-0.2, 0) is 17.8 Å². The van der Waals surface area contributed by atoms with Crippen LogP contribution in [0.25, 0.3) is 15.6 Å². The SMILES string of the molecule is S.[C-]#[N+]CC1CN(c2nc(OC[C@@H]3CCCN3C)nc3c2CCN(c2nccc4ccccc24)C3)CCN1C(=O)C=C. The van der Waals surface area contributed by atoms with Crippen LogP contribution in [-0.4, -0.2) is 95.7 Å². The number of likely N-dealkylation sites (N-methyl/N-ethyl adjacent to an activating group) is 1. The second kappa shape index (κ2) is 13.0. The largest absolute Gasteiger partial charge is 0.462 e. The predicted molar refractivity (Wildman–Crippen MR) is 169 cm³/mol. The number of benzene rings is 1. The van der Waals surface area contributed by atoms with Crippen LogP contribution in [0.15, 0.2) is 49.2 Å². The molecule has 2 atom stereocenters. The third kappa shape index (κ3) is 5.87. The van der Waals surface area contributed by atoms with Crippen molar-refractivity contribution in [3.8, 4) is 6.01 Å². The highest BCUT2D eigenvalue weighted by molar-refractivity contribution is 7.59. The van der Waals surface area contributed by atoms with Crippen molar-refractivity contribution in [2.45, 2.75) is 37.9 Å². The monoisotopic (exact) mass is 586 g/mol. The van der Waals surface area contributed by atoms with E-state index in [0.29, 0.717) is 44.8 Å². The Bertz CT molecular complexity index is 1490. The van der Waals surface area contributed by atoms with Crippen molar-refractivity contribution in [3.63, 3.8) is 0 Å². The Morgan fingerprint density at radius 1 is 1.12 bits per heavy atom. The van der Waals surface area contributed by atoms with Gasteiger partial charge in [-0.05, 0) is 50.4 Å². The van der Waals surface area contributed by atoms with Crippen LogP contribution in [0.3, 0.4) is 0 Å². The van der Waals surface area contributed by atoms with Gasteiger partial charge >= 0.3 is 6.01 Å². The van der Waals surface area contributed by atoms with Crippen molar-refractivity contribution in [2.75, 3.05) is 62.7 Å². The summed E-state index contributed by atoms with van der Waals surface area (Å²) in [5.74, 6) is 1.68. The van der Waals surface area contributed by atoms with Crippen molar-refractivity contribution in [1.29, 1.82) is 0 Å². The lowest BCUT2D eigenvalue weighted by Gasteiger charge is -2.41. The molecular weight excluding hydrogens is 548 g/mol. The molecule has 1 unspecified atom stereocenters. The van der Waals surface area contributed by atoms with E-state index in [9.17, 15) is 4.79 Å². The lowest BCUT2D eigenvalue weighted by molar-refractivity contribution is -0.128. The Morgan fingerprint density at radius 2 is 1.98 bits per heavy atom. The minimum absolute atomic E-state index is 0. The molecule has 0 radical (unpaired) electrons. The van der Waals surface area contributed by atoms with Crippen LogP contribution in [0, 0.1) is 6.57 Å². The quantitative estimate of drug-likeness (QED) is 0.308. The number of anilines is 2. The smallest absolute Gasteiger partial charge is 0.318 e. The zero-order valence-corrected chi connectivity index (χ0v) is 25.1. The summed E-state index contributed by atoms with van der Waals surface area (Å²) >= 11 is 0. The van der Waals surface area contributed by atoms with Gasteiger partial charge in [-0.15, -0.1) is 0 Å². The van der Waals surface area contributed by atoms with Crippen molar-refractivity contribution < 1.29 is 9.53 Å².